The fourth-order valence-corrected chi connectivity index (χ4v) is 3.30. The first kappa shape index (κ1) is 18.2. The summed E-state index contributed by atoms with van der Waals surface area (Å²) in [5.41, 5.74) is 3.78. The number of anilines is 1. The molecule has 134 valence electrons. The number of halogens is 1. The number of hydrogen-bond donors (Lipinski definition) is 2. The number of nitrogens with one attached hydrogen (secondary N) is 2. The van der Waals surface area contributed by atoms with Gasteiger partial charge < -0.3 is 10.6 Å². The van der Waals surface area contributed by atoms with Gasteiger partial charge in [-0.15, -0.1) is 0 Å². The van der Waals surface area contributed by atoms with Crippen molar-refractivity contribution in [3.63, 3.8) is 0 Å². The number of aryl methyl sites for hydroxylation is 1. The Balaban J connectivity index is 1.97. The van der Waals surface area contributed by atoms with Gasteiger partial charge in [-0.2, -0.15) is 0 Å². The molecular weight excluding hydrogens is 349 g/mol. The van der Waals surface area contributed by atoms with E-state index in [1.54, 1.807) is 12.1 Å². The van der Waals surface area contributed by atoms with E-state index in [1.165, 1.54) is 23.9 Å². The second-order valence-electron chi connectivity index (χ2n) is 6.03. The fourth-order valence-electron chi connectivity index (χ4n) is 2.83. The summed E-state index contributed by atoms with van der Waals surface area (Å²) in [5, 5.41) is 6.86. The highest BCUT2D eigenvalue weighted by molar-refractivity contribution is 8.13. The third-order valence-electron chi connectivity index (χ3n) is 4.24. The van der Waals surface area contributed by atoms with Crippen LogP contribution in [0.3, 0.4) is 0 Å². The first-order valence-corrected chi connectivity index (χ1v) is 9.44. The maximum atomic E-state index is 13.3. The molecule has 1 unspecified atom stereocenters. The molecule has 0 fully saturated rings. The molecule has 1 amide bonds. The van der Waals surface area contributed by atoms with Gasteiger partial charge in [0, 0.05) is 11.4 Å². The molecule has 2 aromatic carbocycles. The van der Waals surface area contributed by atoms with E-state index in [0.717, 1.165) is 27.7 Å². The number of rotatable bonds is 3. The van der Waals surface area contributed by atoms with Crippen LogP contribution in [0.4, 0.5) is 10.1 Å². The number of benzene rings is 2. The van der Waals surface area contributed by atoms with Crippen molar-refractivity contribution < 1.29 is 9.18 Å². The average molecular weight is 369 g/mol. The van der Waals surface area contributed by atoms with Crippen LogP contribution in [0.5, 0.6) is 0 Å². The third-order valence-corrected chi connectivity index (χ3v) is 4.83. The Bertz CT molecular complexity index is 890. The quantitative estimate of drug-likeness (QED) is 0.843. The summed E-state index contributed by atoms with van der Waals surface area (Å²) in [7, 11) is 0. The molecule has 2 N–H and O–H groups in total. The van der Waals surface area contributed by atoms with Gasteiger partial charge in [-0.3, -0.25) is 4.79 Å². The Morgan fingerprint density at radius 1 is 1.15 bits per heavy atom. The number of carbonyl (C=O) groups excluding carboxylic acids is 1. The van der Waals surface area contributed by atoms with Crippen LogP contribution in [-0.2, 0) is 4.79 Å². The number of amidine groups is 1. The number of carbonyl (C=O) groups is 1. The number of para-hydroxylation sites is 1. The number of aliphatic imine (C=N–C) groups is 1. The summed E-state index contributed by atoms with van der Waals surface area (Å²) in [6.07, 6.45) is 1.92. The number of nitrogens with zero attached hydrogens (tertiary/aromatic N) is 1. The molecule has 3 rings (SSSR count). The van der Waals surface area contributed by atoms with E-state index in [9.17, 15) is 9.18 Å². The molecule has 6 heteroatoms. The van der Waals surface area contributed by atoms with Crippen molar-refractivity contribution in [1.82, 2.24) is 5.32 Å². The molecule has 0 saturated carbocycles. The van der Waals surface area contributed by atoms with Crippen molar-refractivity contribution in [1.29, 1.82) is 0 Å². The molecule has 0 spiro atoms. The van der Waals surface area contributed by atoms with E-state index in [-0.39, 0.29) is 11.7 Å². The smallest absolute Gasteiger partial charge is 0.255 e. The van der Waals surface area contributed by atoms with E-state index in [4.69, 9.17) is 0 Å². The standard InChI is InChI=1S/C20H20FN3OS/c1-12-6-4-5-7-16(12)23-19(25)17-13(2)22-20(26-3)24-18(17)14-8-10-15(21)11-9-14/h4-11,18H,1-3H3,(H,22,24)(H,23,25). The maximum Gasteiger partial charge on any atom is 0.255 e. The zero-order valence-electron chi connectivity index (χ0n) is 14.8. The third kappa shape index (κ3) is 3.80. The van der Waals surface area contributed by atoms with Gasteiger partial charge in [0.25, 0.3) is 5.91 Å². The molecular formula is C20H20FN3OS. The van der Waals surface area contributed by atoms with Crippen molar-refractivity contribution in [2.24, 2.45) is 4.99 Å². The summed E-state index contributed by atoms with van der Waals surface area (Å²) < 4.78 is 13.3. The van der Waals surface area contributed by atoms with Crippen LogP contribution in [-0.4, -0.2) is 17.3 Å². The van der Waals surface area contributed by atoms with E-state index < -0.39 is 6.04 Å². The monoisotopic (exact) mass is 369 g/mol. The average Bonchev–Trinajstić information content (AvgIpc) is 2.63. The maximum absolute atomic E-state index is 13.3. The Kier molecular flexibility index (Phi) is 5.42. The summed E-state index contributed by atoms with van der Waals surface area (Å²) in [5.74, 6) is -0.536. The molecule has 26 heavy (non-hydrogen) atoms. The van der Waals surface area contributed by atoms with Crippen LogP contribution in [0.25, 0.3) is 0 Å². The van der Waals surface area contributed by atoms with Gasteiger partial charge in [0.05, 0.1) is 5.57 Å². The molecule has 4 nitrogen and oxygen atoms in total. The van der Waals surface area contributed by atoms with Crippen LogP contribution < -0.4 is 10.6 Å². The van der Waals surface area contributed by atoms with Crippen molar-refractivity contribution >= 4 is 28.5 Å². The van der Waals surface area contributed by atoms with Crippen molar-refractivity contribution in [2.75, 3.05) is 11.6 Å². The number of hydrogen-bond acceptors (Lipinski definition) is 4. The van der Waals surface area contributed by atoms with Gasteiger partial charge in [0.2, 0.25) is 0 Å². The zero-order chi connectivity index (χ0) is 18.7. The number of thioether (sulfide) groups is 1. The van der Waals surface area contributed by atoms with E-state index in [0.29, 0.717) is 5.57 Å². The predicted octanol–water partition coefficient (Wildman–Crippen LogP) is 4.41. The highest BCUT2D eigenvalue weighted by Gasteiger charge is 2.29. The molecule has 1 atom stereocenters. The van der Waals surface area contributed by atoms with Crippen molar-refractivity contribution in [3.8, 4) is 0 Å². The van der Waals surface area contributed by atoms with Crippen molar-refractivity contribution in [3.05, 3.63) is 76.7 Å². The first-order chi connectivity index (χ1) is 12.5. The molecule has 0 bridgehead atoms. The number of amides is 1. The minimum atomic E-state index is -0.483. The van der Waals surface area contributed by atoms with Crippen molar-refractivity contribution in [2.45, 2.75) is 19.9 Å². The lowest BCUT2D eigenvalue weighted by Crippen LogP contribution is -2.32. The van der Waals surface area contributed by atoms with Gasteiger partial charge >= 0.3 is 0 Å². The lowest BCUT2D eigenvalue weighted by Gasteiger charge is -2.26. The highest BCUT2D eigenvalue weighted by atomic mass is 32.2. The summed E-state index contributed by atoms with van der Waals surface area (Å²) in [6.45, 7) is 3.80. The number of allylic oxidation sites excluding steroid dienone is 1. The van der Waals surface area contributed by atoms with E-state index >= 15 is 0 Å². The Hall–Kier alpha value is -2.60. The predicted molar refractivity (Wildman–Crippen MR) is 106 cm³/mol. The topological polar surface area (TPSA) is 53.5 Å². The lowest BCUT2D eigenvalue weighted by atomic mass is 9.95. The first-order valence-electron chi connectivity index (χ1n) is 8.21. The molecule has 1 heterocycles. The van der Waals surface area contributed by atoms with Gasteiger partial charge in [-0.25, -0.2) is 9.38 Å². The second kappa shape index (κ2) is 7.74. The molecule has 0 radical (unpaired) electrons. The van der Waals surface area contributed by atoms with Crippen LogP contribution >= 0.6 is 11.8 Å². The minimum Gasteiger partial charge on any atom is -0.338 e. The van der Waals surface area contributed by atoms with Gasteiger partial charge in [-0.1, -0.05) is 42.1 Å². The Morgan fingerprint density at radius 2 is 1.85 bits per heavy atom. The SMILES string of the molecule is CSC1=NC(c2ccc(F)cc2)C(C(=O)Nc2ccccc2C)=C(C)N1. The molecule has 0 saturated heterocycles. The van der Waals surface area contributed by atoms with Gasteiger partial charge in [0.1, 0.15) is 11.9 Å². The minimum absolute atomic E-state index is 0.220. The van der Waals surface area contributed by atoms with Crippen LogP contribution in [0.15, 0.2) is 64.8 Å². The largest absolute Gasteiger partial charge is 0.338 e. The molecule has 2 aromatic rings. The second-order valence-corrected chi connectivity index (χ2v) is 6.82. The summed E-state index contributed by atoms with van der Waals surface area (Å²) in [6, 6.07) is 13.2. The lowest BCUT2D eigenvalue weighted by molar-refractivity contribution is -0.113. The van der Waals surface area contributed by atoms with Gasteiger partial charge in [0.15, 0.2) is 5.17 Å². The molecule has 1 aliphatic rings. The summed E-state index contributed by atoms with van der Waals surface area (Å²) >= 11 is 1.47. The van der Waals surface area contributed by atoms with Crippen LogP contribution in [0.2, 0.25) is 0 Å². The zero-order valence-corrected chi connectivity index (χ0v) is 15.7. The normalized spacial score (nSPS) is 16.8. The van der Waals surface area contributed by atoms with E-state index in [2.05, 4.69) is 15.6 Å². The Labute approximate surface area is 156 Å². The van der Waals surface area contributed by atoms with Crippen LogP contribution in [0.1, 0.15) is 24.1 Å². The van der Waals surface area contributed by atoms with E-state index in [1.807, 2.05) is 44.4 Å². The molecule has 1 aliphatic heterocycles. The summed E-state index contributed by atoms with van der Waals surface area (Å²) in [4.78, 5) is 17.7. The van der Waals surface area contributed by atoms with Crippen LogP contribution in [0, 0.1) is 12.7 Å². The fraction of sp³-hybridized carbons (Fsp3) is 0.200. The molecule has 0 aromatic heterocycles. The molecule has 0 aliphatic carbocycles. The van der Waals surface area contributed by atoms with Gasteiger partial charge in [-0.05, 0) is 49.4 Å². The highest BCUT2D eigenvalue weighted by Crippen LogP contribution is 2.33. The Morgan fingerprint density at radius 3 is 2.50 bits per heavy atom.